The normalized spacial score (nSPS) is 13.5. The number of nitrogens with two attached hydrogens (primary N) is 1. The predicted octanol–water partition coefficient (Wildman–Crippen LogP) is 1.25. The monoisotopic (exact) mass is 469 g/mol. The van der Waals surface area contributed by atoms with Crippen LogP contribution in [0.1, 0.15) is 35.0 Å². The highest BCUT2D eigenvalue weighted by molar-refractivity contribution is 7.11. The second kappa shape index (κ2) is 9.34. The number of hydrogen-bond acceptors (Lipinski definition) is 11. The van der Waals surface area contributed by atoms with Gasteiger partial charge in [-0.15, -0.1) is 0 Å². The first-order valence-corrected chi connectivity index (χ1v) is 10.9. The van der Waals surface area contributed by atoms with Gasteiger partial charge in [0.1, 0.15) is 16.4 Å². The van der Waals surface area contributed by atoms with Gasteiger partial charge in [-0.25, -0.2) is 9.97 Å². The van der Waals surface area contributed by atoms with E-state index in [9.17, 15) is 9.90 Å². The maximum atomic E-state index is 13.1. The van der Waals surface area contributed by atoms with E-state index in [1.54, 1.807) is 17.2 Å². The number of rotatable bonds is 7. The molecule has 4 rings (SSSR count). The van der Waals surface area contributed by atoms with Gasteiger partial charge in [-0.2, -0.15) is 4.37 Å². The smallest absolute Gasteiger partial charge is 0.260 e. The van der Waals surface area contributed by atoms with Crippen molar-refractivity contribution < 1.29 is 15.0 Å². The van der Waals surface area contributed by atoms with Crippen LogP contribution >= 0.6 is 11.5 Å². The van der Waals surface area contributed by atoms with Gasteiger partial charge in [0, 0.05) is 31.8 Å². The Morgan fingerprint density at radius 3 is 3.00 bits per heavy atom. The summed E-state index contributed by atoms with van der Waals surface area (Å²) in [5.74, 6) is -0.398. The van der Waals surface area contributed by atoms with Gasteiger partial charge >= 0.3 is 0 Å². The van der Waals surface area contributed by atoms with E-state index in [2.05, 4.69) is 30.0 Å². The van der Waals surface area contributed by atoms with Crippen LogP contribution in [-0.2, 0) is 6.42 Å². The molecule has 0 saturated carbocycles. The largest absolute Gasteiger partial charge is 0.492 e. The number of nitrogens with one attached hydrogen (secondary N) is 3. The van der Waals surface area contributed by atoms with Crippen molar-refractivity contribution in [1.29, 1.82) is 5.41 Å². The lowest BCUT2D eigenvalue weighted by atomic mass is 10.2. The average molecular weight is 470 g/mol. The van der Waals surface area contributed by atoms with Gasteiger partial charge in [-0.05, 0) is 30.9 Å². The van der Waals surface area contributed by atoms with Crippen LogP contribution in [0.25, 0.3) is 0 Å². The van der Waals surface area contributed by atoms with Crippen molar-refractivity contribution in [1.82, 2.24) is 24.6 Å². The summed E-state index contributed by atoms with van der Waals surface area (Å²) in [7, 11) is 0. The molecule has 0 saturated heterocycles. The first kappa shape index (κ1) is 22.4. The van der Waals surface area contributed by atoms with E-state index < -0.39 is 0 Å². The number of anilines is 4. The van der Waals surface area contributed by atoms with Crippen LogP contribution < -0.4 is 21.3 Å². The molecule has 1 amide bonds. The molecule has 4 heterocycles. The lowest BCUT2D eigenvalue weighted by Crippen LogP contribution is -2.33. The summed E-state index contributed by atoms with van der Waals surface area (Å²) >= 11 is 0.979. The number of amidine groups is 1. The number of aliphatic hydroxyl groups excluding tert-OH is 1. The minimum Gasteiger partial charge on any atom is -0.492 e. The van der Waals surface area contributed by atoms with E-state index in [4.69, 9.17) is 16.2 Å². The molecule has 13 heteroatoms. The molecule has 1 unspecified atom stereocenters. The van der Waals surface area contributed by atoms with Gasteiger partial charge in [0.2, 0.25) is 11.8 Å². The van der Waals surface area contributed by atoms with Crippen LogP contribution in [0.4, 0.5) is 22.3 Å². The van der Waals surface area contributed by atoms with Crippen LogP contribution in [0.3, 0.4) is 0 Å². The third-order valence-electron chi connectivity index (χ3n) is 5.09. The van der Waals surface area contributed by atoms with E-state index in [-0.39, 0.29) is 41.8 Å². The van der Waals surface area contributed by atoms with Crippen molar-refractivity contribution in [3.8, 4) is 5.88 Å². The number of fused-ring (bicyclic) bond motifs is 1. The molecule has 0 fully saturated rings. The number of aromatic nitrogens is 4. The van der Waals surface area contributed by atoms with Gasteiger partial charge in [0.05, 0.1) is 35.0 Å². The number of aliphatic hydroxyl groups is 1. The average Bonchev–Trinajstić information content (AvgIpc) is 3.36. The third kappa shape index (κ3) is 4.68. The second-order valence-electron chi connectivity index (χ2n) is 7.50. The van der Waals surface area contributed by atoms with Crippen LogP contribution in [0.15, 0.2) is 24.7 Å². The molecule has 0 radical (unpaired) electrons. The molecule has 3 aromatic rings. The van der Waals surface area contributed by atoms with E-state index in [1.807, 2.05) is 6.92 Å². The predicted molar refractivity (Wildman–Crippen MR) is 124 cm³/mol. The number of amides is 1. The number of carbonyl (C=O) groups is 1. The Bertz CT molecular complexity index is 1200. The summed E-state index contributed by atoms with van der Waals surface area (Å²) < 4.78 is 3.92. The number of carbonyl (C=O) groups excluding carboxylic acids is 1. The van der Waals surface area contributed by atoms with Crippen LogP contribution in [0.2, 0.25) is 0 Å². The molecule has 1 aliphatic rings. The highest BCUT2D eigenvalue weighted by atomic mass is 32.1. The maximum Gasteiger partial charge on any atom is 0.260 e. The minimum atomic E-state index is -0.288. The molecular formula is C20H23N9O3S. The van der Waals surface area contributed by atoms with Gasteiger partial charge in [-0.1, -0.05) is 0 Å². The lowest BCUT2D eigenvalue weighted by Gasteiger charge is -2.17. The Morgan fingerprint density at radius 1 is 1.39 bits per heavy atom. The summed E-state index contributed by atoms with van der Waals surface area (Å²) in [6.45, 7) is 2.27. The number of hydrogen-bond donors (Lipinski definition) is 6. The Balaban J connectivity index is 1.53. The van der Waals surface area contributed by atoms with Crippen molar-refractivity contribution >= 4 is 45.6 Å². The van der Waals surface area contributed by atoms with Crippen LogP contribution in [0.5, 0.6) is 5.88 Å². The molecule has 3 aromatic heterocycles. The van der Waals surface area contributed by atoms with Crippen molar-refractivity contribution in [2.75, 3.05) is 29.1 Å². The van der Waals surface area contributed by atoms with Crippen LogP contribution in [0, 0.1) is 5.41 Å². The molecule has 12 nitrogen and oxygen atoms in total. The molecule has 0 aromatic carbocycles. The van der Waals surface area contributed by atoms with E-state index >= 15 is 0 Å². The molecule has 33 heavy (non-hydrogen) atoms. The number of nitrogens with zero attached hydrogens (tertiary/aromatic N) is 5. The highest BCUT2D eigenvalue weighted by Gasteiger charge is 2.28. The Morgan fingerprint density at radius 2 is 2.21 bits per heavy atom. The van der Waals surface area contributed by atoms with Gasteiger partial charge in [0.25, 0.3) is 5.91 Å². The third-order valence-corrected chi connectivity index (χ3v) is 5.85. The molecule has 0 bridgehead atoms. The van der Waals surface area contributed by atoms with Crippen molar-refractivity contribution in [3.63, 3.8) is 0 Å². The molecule has 7 N–H and O–H groups in total. The van der Waals surface area contributed by atoms with E-state index in [1.165, 1.54) is 12.4 Å². The summed E-state index contributed by atoms with van der Waals surface area (Å²) in [4.78, 5) is 27.0. The quantitative estimate of drug-likeness (QED) is 0.217. The Labute approximate surface area is 193 Å². The topological polar surface area (TPSA) is 186 Å². The number of nitrogen functional groups attached to an aromatic ring is 1. The second-order valence-corrected chi connectivity index (χ2v) is 8.27. The first-order chi connectivity index (χ1) is 15.9. The van der Waals surface area contributed by atoms with Crippen molar-refractivity contribution in [2.45, 2.75) is 25.8 Å². The van der Waals surface area contributed by atoms with Crippen molar-refractivity contribution in [3.05, 3.63) is 41.5 Å². The van der Waals surface area contributed by atoms with Gasteiger partial charge in [-0.3, -0.25) is 15.2 Å². The minimum absolute atomic E-state index is 0.0199. The van der Waals surface area contributed by atoms with E-state index in [0.29, 0.717) is 41.3 Å². The molecule has 0 aliphatic carbocycles. The fourth-order valence-electron chi connectivity index (χ4n) is 3.47. The molecule has 0 spiro atoms. The van der Waals surface area contributed by atoms with Gasteiger partial charge in [0.15, 0.2) is 0 Å². The molecule has 172 valence electrons. The van der Waals surface area contributed by atoms with Gasteiger partial charge < -0.3 is 31.5 Å². The summed E-state index contributed by atoms with van der Waals surface area (Å²) in [5, 5.41) is 33.9. The standard InChI is InChI=1S/C20H23N9O3S/c1-10(3-5-30)25-16(21)15-17(31)28-33-18(15)26-12-6-11(7-23-8-12)19(32)29-4-2-13-14(29)9-24-20(22)27-13/h6-10,26,30H,2-5H2,1H3,(H2,21,25)(H,28,31)(H2,22,24,27). The molecule has 1 aliphatic heterocycles. The zero-order chi connectivity index (χ0) is 23.5. The van der Waals surface area contributed by atoms with Crippen LogP contribution in [-0.4, -0.2) is 60.5 Å². The fourth-order valence-corrected chi connectivity index (χ4v) is 4.19. The zero-order valence-electron chi connectivity index (χ0n) is 17.7. The Kier molecular flexibility index (Phi) is 6.33. The number of aromatic hydroxyl groups is 1. The highest BCUT2D eigenvalue weighted by Crippen LogP contribution is 2.33. The SMILES string of the molecule is CC(CCO)NC(=N)c1c(O)nsc1Nc1cncc(C(=O)N2CCc3nc(N)ncc32)c1. The van der Waals surface area contributed by atoms with E-state index in [0.717, 1.165) is 17.2 Å². The Hall–Kier alpha value is -3.84. The molecule has 1 atom stereocenters. The maximum absolute atomic E-state index is 13.1. The molecular weight excluding hydrogens is 446 g/mol. The van der Waals surface area contributed by atoms with Crippen molar-refractivity contribution in [2.24, 2.45) is 0 Å². The first-order valence-electron chi connectivity index (χ1n) is 10.2. The summed E-state index contributed by atoms with van der Waals surface area (Å²) in [6.07, 6.45) is 5.58. The number of pyridine rings is 1. The zero-order valence-corrected chi connectivity index (χ0v) is 18.6. The summed E-state index contributed by atoms with van der Waals surface area (Å²) in [6, 6.07) is 1.47. The fraction of sp³-hybridized carbons (Fsp3) is 0.300. The lowest BCUT2D eigenvalue weighted by molar-refractivity contribution is 0.0989. The summed E-state index contributed by atoms with van der Waals surface area (Å²) in [5.41, 5.74) is 8.03.